The van der Waals surface area contributed by atoms with Crippen LogP contribution >= 0.6 is 11.6 Å². The lowest BCUT2D eigenvalue weighted by atomic mass is 10.1. The summed E-state index contributed by atoms with van der Waals surface area (Å²) in [5.41, 5.74) is -0.434. The van der Waals surface area contributed by atoms with Crippen molar-refractivity contribution in [3.63, 3.8) is 0 Å². The molecule has 9 heteroatoms. The first-order valence-corrected chi connectivity index (χ1v) is 7.93. The van der Waals surface area contributed by atoms with Gasteiger partial charge >= 0.3 is 0 Å². The molecule has 0 unspecified atom stereocenters. The summed E-state index contributed by atoms with van der Waals surface area (Å²) in [5.74, 6) is -1.52. The number of amides is 2. The van der Waals surface area contributed by atoms with Crippen LogP contribution in [-0.4, -0.2) is 58.0 Å². The SMILES string of the molecule is O=C(c1ccc(=O)[nH]n1)N1CCN(C(=O)c2c(F)cccc2Cl)CC1. The van der Waals surface area contributed by atoms with Crippen LogP contribution in [0.25, 0.3) is 0 Å². The van der Waals surface area contributed by atoms with Crippen molar-refractivity contribution < 1.29 is 14.0 Å². The standard InChI is InChI=1S/C16H14ClFN4O3/c17-10-2-1-3-11(18)14(10)16(25)22-8-6-21(7-9-22)15(24)12-4-5-13(23)20-19-12/h1-5H,6-9H2,(H,20,23). The van der Waals surface area contributed by atoms with Crippen molar-refractivity contribution >= 4 is 23.4 Å². The third-order valence-electron chi connectivity index (χ3n) is 3.93. The number of H-pyrrole nitrogens is 1. The van der Waals surface area contributed by atoms with Crippen molar-refractivity contribution in [1.29, 1.82) is 0 Å². The van der Waals surface area contributed by atoms with Crippen molar-refractivity contribution in [2.24, 2.45) is 0 Å². The van der Waals surface area contributed by atoms with Gasteiger partial charge in [-0.1, -0.05) is 17.7 Å². The lowest BCUT2D eigenvalue weighted by molar-refractivity contribution is 0.0529. The molecular formula is C16H14ClFN4O3. The zero-order valence-electron chi connectivity index (χ0n) is 13.0. The van der Waals surface area contributed by atoms with Crippen LogP contribution in [0.1, 0.15) is 20.8 Å². The molecule has 1 aromatic carbocycles. The fourth-order valence-electron chi connectivity index (χ4n) is 2.60. The molecule has 130 valence electrons. The van der Waals surface area contributed by atoms with Gasteiger partial charge in [-0.05, 0) is 18.2 Å². The lowest BCUT2D eigenvalue weighted by Gasteiger charge is -2.34. The van der Waals surface area contributed by atoms with Gasteiger partial charge in [-0.3, -0.25) is 14.4 Å². The highest BCUT2D eigenvalue weighted by Crippen LogP contribution is 2.21. The van der Waals surface area contributed by atoms with E-state index in [0.29, 0.717) is 0 Å². The summed E-state index contributed by atoms with van der Waals surface area (Å²) < 4.78 is 13.9. The van der Waals surface area contributed by atoms with Gasteiger partial charge in [0.1, 0.15) is 11.5 Å². The molecule has 1 aromatic heterocycles. The van der Waals surface area contributed by atoms with Crippen LogP contribution in [0.4, 0.5) is 4.39 Å². The molecule has 0 saturated carbocycles. The molecule has 1 aliphatic rings. The monoisotopic (exact) mass is 364 g/mol. The smallest absolute Gasteiger partial charge is 0.274 e. The van der Waals surface area contributed by atoms with Crippen LogP contribution in [0.15, 0.2) is 35.1 Å². The average molecular weight is 365 g/mol. The van der Waals surface area contributed by atoms with Crippen molar-refractivity contribution in [2.45, 2.75) is 0 Å². The van der Waals surface area contributed by atoms with Gasteiger partial charge in [0.2, 0.25) is 0 Å². The second-order valence-electron chi connectivity index (χ2n) is 5.49. The van der Waals surface area contributed by atoms with Gasteiger partial charge in [0.05, 0.1) is 10.6 Å². The van der Waals surface area contributed by atoms with Gasteiger partial charge in [-0.25, -0.2) is 9.49 Å². The zero-order chi connectivity index (χ0) is 18.0. The van der Waals surface area contributed by atoms with Crippen LogP contribution in [-0.2, 0) is 0 Å². The second kappa shape index (κ2) is 7.02. The third kappa shape index (κ3) is 3.53. The Morgan fingerprint density at radius 1 is 1.04 bits per heavy atom. The van der Waals surface area contributed by atoms with Crippen LogP contribution in [0.5, 0.6) is 0 Å². The number of carbonyl (C=O) groups is 2. The minimum atomic E-state index is -0.673. The normalized spacial score (nSPS) is 14.5. The predicted octanol–water partition coefficient (Wildman–Crippen LogP) is 1.16. The number of hydrogen-bond acceptors (Lipinski definition) is 4. The summed E-state index contributed by atoms with van der Waals surface area (Å²) in [6.07, 6.45) is 0. The van der Waals surface area contributed by atoms with E-state index in [0.717, 1.165) is 0 Å². The van der Waals surface area contributed by atoms with E-state index in [9.17, 15) is 18.8 Å². The van der Waals surface area contributed by atoms with E-state index in [1.54, 1.807) is 0 Å². The number of rotatable bonds is 2. The highest BCUT2D eigenvalue weighted by Gasteiger charge is 2.28. The molecule has 2 heterocycles. The predicted molar refractivity (Wildman–Crippen MR) is 88.1 cm³/mol. The van der Waals surface area contributed by atoms with Crippen molar-refractivity contribution in [3.05, 3.63) is 62.8 Å². The number of carbonyl (C=O) groups excluding carboxylic acids is 2. The molecule has 0 bridgehead atoms. The van der Waals surface area contributed by atoms with E-state index >= 15 is 0 Å². The van der Waals surface area contributed by atoms with E-state index in [-0.39, 0.29) is 48.4 Å². The Kier molecular flexibility index (Phi) is 4.80. The van der Waals surface area contributed by atoms with E-state index in [2.05, 4.69) is 10.2 Å². The Balaban J connectivity index is 1.67. The van der Waals surface area contributed by atoms with Crippen LogP contribution < -0.4 is 5.56 Å². The lowest BCUT2D eigenvalue weighted by Crippen LogP contribution is -2.51. The number of halogens is 2. The highest BCUT2D eigenvalue weighted by molar-refractivity contribution is 6.33. The highest BCUT2D eigenvalue weighted by atomic mass is 35.5. The molecule has 3 rings (SSSR count). The molecule has 0 atom stereocenters. The van der Waals surface area contributed by atoms with Gasteiger partial charge in [0.25, 0.3) is 17.4 Å². The zero-order valence-corrected chi connectivity index (χ0v) is 13.8. The number of benzene rings is 1. The van der Waals surface area contributed by atoms with Crippen LogP contribution in [0.3, 0.4) is 0 Å². The van der Waals surface area contributed by atoms with E-state index in [4.69, 9.17) is 11.6 Å². The molecule has 2 aromatic rings. The van der Waals surface area contributed by atoms with Crippen molar-refractivity contribution in [1.82, 2.24) is 20.0 Å². The minimum Gasteiger partial charge on any atom is -0.335 e. The number of nitrogens with one attached hydrogen (secondary N) is 1. The van der Waals surface area contributed by atoms with Gasteiger partial charge in [0.15, 0.2) is 0 Å². The minimum absolute atomic E-state index is 0.0564. The average Bonchev–Trinajstić information content (AvgIpc) is 2.61. The second-order valence-corrected chi connectivity index (χ2v) is 5.89. The van der Waals surface area contributed by atoms with Gasteiger partial charge in [-0.15, -0.1) is 0 Å². The fraction of sp³-hybridized carbons (Fsp3) is 0.250. The Hall–Kier alpha value is -2.74. The van der Waals surface area contributed by atoms with Gasteiger partial charge in [-0.2, -0.15) is 5.10 Å². The number of nitrogens with zero attached hydrogens (tertiary/aromatic N) is 3. The molecule has 1 fully saturated rings. The quantitative estimate of drug-likeness (QED) is 0.866. The molecule has 2 amide bonds. The molecule has 0 radical (unpaired) electrons. The first-order chi connectivity index (χ1) is 12.0. The summed E-state index contributed by atoms with van der Waals surface area (Å²) in [4.78, 5) is 38.8. The summed E-state index contributed by atoms with van der Waals surface area (Å²) in [7, 11) is 0. The number of piperazine rings is 1. The Morgan fingerprint density at radius 3 is 2.24 bits per heavy atom. The Bertz CT molecular complexity index is 837. The van der Waals surface area contributed by atoms with E-state index in [1.165, 1.54) is 40.1 Å². The third-order valence-corrected chi connectivity index (χ3v) is 4.24. The van der Waals surface area contributed by atoms with Crippen molar-refractivity contribution in [3.8, 4) is 0 Å². The topological polar surface area (TPSA) is 86.4 Å². The molecular weight excluding hydrogens is 351 g/mol. The Morgan fingerprint density at radius 2 is 1.68 bits per heavy atom. The number of hydrogen-bond donors (Lipinski definition) is 1. The van der Waals surface area contributed by atoms with E-state index in [1.807, 2.05) is 0 Å². The number of aromatic nitrogens is 2. The largest absolute Gasteiger partial charge is 0.335 e. The fourth-order valence-corrected chi connectivity index (χ4v) is 2.84. The van der Waals surface area contributed by atoms with Gasteiger partial charge < -0.3 is 9.80 Å². The van der Waals surface area contributed by atoms with Gasteiger partial charge in [0, 0.05) is 32.2 Å². The maximum Gasteiger partial charge on any atom is 0.274 e. The molecule has 0 aliphatic carbocycles. The number of aromatic amines is 1. The Labute approximate surface area is 147 Å². The van der Waals surface area contributed by atoms with Crippen LogP contribution in [0, 0.1) is 5.82 Å². The van der Waals surface area contributed by atoms with Crippen LogP contribution in [0.2, 0.25) is 5.02 Å². The van der Waals surface area contributed by atoms with Crippen molar-refractivity contribution in [2.75, 3.05) is 26.2 Å². The first kappa shape index (κ1) is 17.1. The molecule has 1 aliphatic heterocycles. The molecule has 1 N–H and O–H groups in total. The first-order valence-electron chi connectivity index (χ1n) is 7.55. The summed E-state index contributed by atoms with van der Waals surface area (Å²) in [6.45, 7) is 1.05. The maximum absolute atomic E-state index is 13.9. The maximum atomic E-state index is 13.9. The summed E-state index contributed by atoms with van der Waals surface area (Å²) >= 11 is 5.93. The summed E-state index contributed by atoms with van der Waals surface area (Å²) in [5, 5.41) is 5.97. The summed E-state index contributed by atoms with van der Waals surface area (Å²) in [6, 6.07) is 6.64. The molecule has 25 heavy (non-hydrogen) atoms. The van der Waals surface area contributed by atoms with E-state index < -0.39 is 17.3 Å². The molecule has 0 spiro atoms. The molecule has 1 saturated heterocycles. The molecule has 7 nitrogen and oxygen atoms in total.